The minimum atomic E-state index is 0.608. The molecule has 2 rings (SSSR count). The van der Waals surface area contributed by atoms with Crippen molar-refractivity contribution in [2.75, 3.05) is 5.32 Å². The summed E-state index contributed by atoms with van der Waals surface area (Å²) in [4.78, 5) is 4.70. The molecule has 2 aromatic rings. The lowest BCUT2D eigenvalue weighted by Crippen LogP contribution is -1.92. The Morgan fingerprint density at radius 2 is 2.33 bits per heavy atom. The van der Waals surface area contributed by atoms with Crippen LogP contribution in [0.1, 0.15) is 10.4 Å². The molecule has 1 aromatic carbocycles. The first-order chi connectivity index (χ1) is 7.29. The quantitative estimate of drug-likeness (QED) is 0.837. The Morgan fingerprint density at radius 3 is 3.07 bits per heavy atom. The average molecular weight is 215 g/mol. The SMILES string of the molecule is Cc1cccc(Nc2ncsc2C#N)c1. The maximum absolute atomic E-state index is 8.82. The van der Waals surface area contributed by atoms with Gasteiger partial charge in [0.15, 0.2) is 5.82 Å². The lowest BCUT2D eigenvalue weighted by Gasteiger charge is -2.03. The summed E-state index contributed by atoms with van der Waals surface area (Å²) in [5.41, 5.74) is 3.79. The molecule has 0 atom stereocenters. The van der Waals surface area contributed by atoms with Gasteiger partial charge < -0.3 is 5.32 Å². The summed E-state index contributed by atoms with van der Waals surface area (Å²) in [7, 11) is 0. The van der Waals surface area contributed by atoms with E-state index < -0.39 is 0 Å². The third kappa shape index (κ3) is 2.14. The Labute approximate surface area is 92.0 Å². The number of anilines is 2. The van der Waals surface area contributed by atoms with Gasteiger partial charge in [-0.2, -0.15) is 5.26 Å². The number of hydrogen-bond donors (Lipinski definition) is 1. The Hall–Kier alpha value is -1.86. The van der Waals surface area contributed by atoms with Gasteiger partial charge in [0.05, 0.1) is 5.51 Å². The molecular formula is C11H9N3S. The molecule has 0 saturated heterocycles. The predicted octanol–water partition coefficient (Wildman–Crippen LogP) is 3.07. The van der Waals surface area contributed by atoms with Crippen LogP contribution in [0.25, 0.3) is 0 Å². The number of nitrogens with one attached hydrogen (secondary N) is 1. The Morgan fingerprint density at radius 1 is 1.47 bits per heavy atom. The fourth-order valence-electron chi connectivity index (χ4n) is 1.27. The number of benzene rings is 1. The van der Waals surface area contributed by atoms with E-state index in [4.69, 9.17) is 5.26 Å². The van der Waals surface area contributed by atoms with Gasteiger partial charge in [0, 0.05) is 5.69 Å². The van der Waals surface area contributed by atoms with Crippen molar-refractivity contribution in [2.24, 2.45) is 0 Å². The Balaban J connectivity index is 2.26. The van der Waals surface area contributed by atoms with Crippen molar-refractivity contribution in [3.05, 3.63) is 40.2 Å². The number of thiazole rings is 1. The molecule has 0 aliphatic heterocycles. The van der Waals surface area contributed by atoms with Gasteiger partial charge in [-0.05, 0) is 24.6 Å². The first-order valence-electron chi connectivity index (χ1n) is 4.47. The topological polar surface area (TPSA) is 48.7 Å². The van der Waals surface area contributed by atoms with E-state index in [-0.39, 0.29) is 0 Å². The fourth-order valence-corrected chi connectivity index (χ4v) is 1.81. The van der Waals surface area contributed by atoms with Crippen molar-refractivity contribution >= 4 is 22.8 Å². The second kappa shape index (κ2) is 4.11. The van der Waals surface area contributed by atoms with Crippen LogP contribution in [-0.4, -0.2) is 4.98 Å². The second-order valence-corrected chi connectivity index (χ2v) is 3.99. The van der Waals surface area contributed by atoms with Crippen LogP contribution in [0.4, 0.5) is 11.5 Å². The molecule has 0 amide bonds. The van der Waals surface area contributed by atoms with Crippen LogP contribution in [0, 0.1) is 18.3 Å². The Kier molecular flexibility index (Phi) is 2.66. The highest BCUT2D eigenvalue weighted by molar-refractivity contribution is 7.10. The lowest BCUT2D eigenvalue weighted by atomic mass is 10.2. The van der Waals surface area contributed by atoms with Crippen LogP contribution in [0.5, 0.6) is 0 Å². The summed E-state index contributed by atoms with van der Waals surface area (Å²) < 4.78 is 0. The summed E-state index contributed by atoms with van der Waals surface area (Å²) in [6.45, 7) is 2.03. The molecule has 3 nitrogen and oxygen atoms in total. The molecule has 74 valence electrons. The monoisotopic (exact) mass is 215 g/mol. The molecule has 0 aliphatic carbocycles. The van der Waals surface area contributed by atoms with E-state index in [1.54, 1.807) is 5.51 Å². The highest BCUT2D eigenvalue weighted by atomic mass is 32.1. The maximum Gasteiger partial charge on any atom is 0.159 e. The van der Waals surface area contributed by atoms with E-state index in [2.05, 4.69) is 16.4 Å². The summed E-state index contributed by atoms with van der Waals surface area (Å²) in [6.07, 6.45) is 0. The van der Waals surface area contributed by atoms with E-state index in [1.807, 2.05) is 31.2 Å². The molecule has 0 bridgehead atoms. The molecule has 1 heterocycles. The summed E-state index contributed by atoms with van der Waals surface area (Å²) >= 11 is 1.34. The second-order valence-electron chi connectivity index (χ2n) is 3.14. The van der Waals surface area contributed by atoms with Gasteiger partial charge in [-0.15, -0.1) is 11.3 Å². The molecule has 15 heavy (non-hydrogen) atoms. The lowest BCUT2D eigenvalue weighted by molar-refractivity contribution is 1.36. The number of nitriles is 1. The van der Waals surface area contributed by atoms with Gasteiger partial charge >= 0.3 is 0 Å². The average Bonchev–Trinajstić information content (AvgIpc) is 2.65. The van der Waals surface area contributed by atoms with Gasteiger partial charge in [0.1, 0.15) is 10.9 Å². The number of aryl methyl sites for hydroxylation is 1. The van der Waals surface area contributed by atoms with Crippen LogP contribution in [0.2, 0.25) is 0 Å². The summed E-state index contributed by atoms with van der Waals surface area (Å²) in [6, 6.07) is 10.1. The van der Waals surface area contributed by atoms with Crippen LogP contribution in [0.3, 0.4) is 0 Å². The van der Waals surface area contributed by atoms with E-state index in [1.165, 1.54) is 16.9 Å². The minimum absolute atomic E-state index is 0.608. The molecular weight excluding hydrogens is 206 g/mol. The Bertz CT molecular complexity index is 511. The highest BCUT2D eigenvalue weighted by Crippen LogP contribution is 2.22. The number of nitrogens with zero attached hydrogens (tertiary/aromatic N) is 2. The van der Waals surface area contributed by atoms with E-state index >= 15 is 0 Å². The van der Waals surface area contributed by atoms with Crippen molar-refractivity contribution in [3.63, 3.8) is 0 Å². The smallest absolute Gasteiger partial charge is 0.159 e. The van der Waals surface area contributed by atoms with Gasteiger partial charge in [-0.25, -0.2) is 4.98 Å². The summed E-state index contributed by atoms with van der Waals surface area (Å²) in [5, 5.41) is 11.9. The first kappa shape index (κ1) is 9.69. The zero-order valence-electron chi connectivity index (χ0n) is 8.19. The fraction of sp³-hybridized carbons (Fsp3) is 0.0909. The molecule has 0 radical (unpaired) electrons. The van der Waals surface area contributed by atoms with E-state index in [0.717, 1.165) is 5.69 Å². The van der Waals surface area contributed by atoms with Crippen LogP contribution in [0.15, 0.2) is 29.8 Å². The molecule has 0 unspecified atom stereocenters. The summed E-state index contributed by atoms with van der Waals surface area (Å²) in [5.74, 6) is 0.633. The van der Waals surface area contributed by atoms with Crippen molar-refractivity contribution < 1.29 is 0 Å². The molecule has 1 aromatic heterocycles. The predicted molar refractivity (Wildman–Crippen MR) is 61.3 cm³/mol. The highest BCUT2D eigenvalue weighted by Gasteiger charge is 2.04. The van der Waals surface area contributed by atoms with E-state index in [9.17, 15) is 0 Å². The van der Waals surface area contributed by atoms with Gasteiger partial charge in [0.2, 0.25) is 0 Å². The first-order valence-corrected chi connectivity index (χ1v) is 5.35. The zero-order valence-corrected chi connectivity index (χ0v) is 9.01. The van der Waals surface area contributed by atoms with Crippen molar-refractivity contribution in [1.29, 1.82) is 5.26 Å². The minimum Gasteiger partial charge on any atom is -0.338 e. The molecule has 0 saturated carbocycles. The van der Waals surface area contributed by atoms with Crippen LogP contribution in [-0.2, 0) is 0 Å². The molecule has 4 heteroatoms. The molecule has 1 N–H and O–H groups in total. The molecule has 0 fully saturated rings. The molecule has 0 spiro atoms. The van der Waals surface area contributed by atoms with Gasteiger partial charge in [-0.3, -0.25) is 0 Å². The van der Waals surface area contributed by atoms with Crippen LogP contribution >= 0.6 is 11.3 Å². The maximum atomic E-state index is 8.82. The third-order valence-corrected chi connectivity index (χ3v) is 2.68. The number of aromatic nitrogens is 1. The van der Waals surface area contributed by atoms with Crippen molar-refractivity contribution in [2.45, 2.75) is 6.92 Å². The third-order valence-electron chi connectivity index (χ3n) is 1.95. The molecule has 0 aliphatic rings. The zero-order chi connectivity index (χ0) is 10.7. The van der Waals surface area contributed by atoms with Crippen molar-refractivity contribution in [3.8, 4) is 6.07 Å². The largest absolute Gasteiger partial charge is 0.338 e. The normalized spacial score (nSPS) is 9.60. The standard InChI is InChI=1S/C11H9N3S/c1-8-3-2-4-9(5-8)14-11-10(6-12)15-7-13-11/h2-5,7,14H,1H3. The van der Waals surface area contributed by atoms with Gasteiger partial charge in [-0.1, -0.05) is 12.1 Å². The van der Waals surface area contributed by atoms with E-state index in [0.29, 0.717) is 10.7 Å². The number of rotatable bonds is 2. The van der Waals surface area contributed by atoms with Gasteiger partial charge in [0.25, 0.3) is 0 Å². The number of hydrogen-bond acceptors (Lipinski definition) is 4. The van der Waals surface area contributed by atoms with Crippen LogP contribution < -0.4 is 5.32 Å². The van der Waals surface area contributed by atoms with Crippen molar-refractivity contribution in [1.82, 2.24) is 4.98 Å².